The van der Waals surface area contributed by atoms with Gasteiger partial charge in [-0.05, 0) is 36.9 Å². The molecule has 2 aliphatic heterocycles. The molecule has 15 heavy (non-hydrogen) atoms. The van der Waals surface area contributed by atoms with Gasteiger partial charge in [-0.1, -0.05) is 6.07 Å². The molecule has 2 atom stereocenters. The van der Waals surface area contributed by atoms with Gasteiger partial charge in [0.25, 0.3) is 0 Å². The Morgan fingerprint density at radius 3 is 3.13 bits per heavy atom. The lowest BCUT2D eigenvalue weighted by molar-refractivity contribution is 0.475. The number of phenols is 1. The highest BCUT2D eigenvalue weighted by atomic mass is 16.3. The predicted molar refractivity (Wildman–Crippen MR) is 60.1 cm³/mol. The highest BCUT2D eigenvalue weighted by molar-refractivity contribution is 5.63. The number of nitrogens with zero attached hydrogens (tertiary/aromatic N) is 1. The van der Waals surface area contributed by atoms with Gasteiger partial charge in [0.15, 0.2) is 0 Å². The van der Waals surface area contributed by atoms with Gasteiger partial charge >= 0.3 is 0 Å². The fourth-order valence-electron chi connectivity index (χ4n) is 2.92. The molecule has 0 radical (unpaired) electrons. The van der Waals surface area contributed by atoms with Gasteiger partial charge in [-0.2, -0.15) is 0 Å². The average Bonchev–Trinajstić information content (AvgIpc) is 2.75. The minimum atomic E-state index is 0.366. The van der Waals surface area contributed by atoms with Crippen molar-refractivity contribution in [3.8, 4) is 5.75 Å². The van der Waals surface area contributed by atoms with E-state index in [-0.39, 0.29) is 0 Å². The Morgan fingerprint density at radius 1 is 1.47 bits per heavy atom. The second-order valence-electron chi connectivity index (χ2n) is 4.66. The van der Waals surface area contributed by atoms with Crippen molar-refractivity contribution in [3.05, 3.63) is 23.8 Å². The van der Waals surface area contributed by atoms with Gasteiger partial charge in [-0.15, -0.1) is 0 Å². The standard InChI is InChI=1S/C12H16N2O/c13-6-8-3-10-4-9-1-2-11(15)5-12(9)14(10)7-8/h1-2,5,8,10,15H,3-4,6-7,13H2. The predicted octanol–water partition coefficient (Wildman–Crippen LogP) is 1.10. The van der Waals surface area contributed by atoms with E-state index in [1.807, 2.05) is 12.1 Å². The summed E-state index contributed by atoms with van der Waals surface area (Å²) in [7, 11) is 0. The summed E-state index contributed by atoms with van der Waals surface area (Å²) in [5.74, 6) is 0.996. The summed E-state index contributed by atoms with van der Waals surface area (Å²) < 4.78 is 0. The topological polar surface area (TPSA) is 49.5 Å². The van der Waals surface area contributed by atoms with E-state index in [0.29, 0.717) is 17.7 Å². The normalized spacial score (nSPS) is 27.9. The molecule has 0 amide bonds. The number of hydrogen-bond donors (Lipinski definition) is 2. The van der Waals surface area contributed by atoms with E-state index in [1.165, 1.54) is 17.7 Å². The fraction of sp³-hybridized carbons (Fsp3) is 0.500. The SMILES string of the molecule is NCC1CC2Cc3ccc(O)cc3N2C1. The van der Waals surface area contributed by atoms with Crippen molar-refractivity contribution < 1.29 is 5.11 Å². The lowest BCUT2D eigenvalue weighted by atomic mass is 10.0. The third-order valence-corrected chi connectivity index (χ3v) is 3.67. The zero-order valence-electron chi connectivity index (χ0n) is 8.69. The molecule has 1 aromatic carbocycles. The molecule has 3 rings (SSSR count). The van der Waals surface area contributed by atoms with E-state index in [2.05, 4.69) is 4.90 Å². The zero-order chi connectivity index (χ0) is 10.4. The Kier molecular flexibility index (Phi) is 1.89. The molecule has 3 heteroatoms. The molecule has 0 bridgehead atoms. The van der Waals surface area contributed by atoms with E-state index in [0.717, 1.165) is 19.5 Å². The van der Waals surface area contributed by atoms with Gasteiger partial charge in [-0.25, -0.2) is 0 Å². The van der Waals surface area contributed by atoms with Crippen molar-refractivity contribution >= 4 is 5.69 Å². The van der Waals surface area contributed by atoms with Crippen molar-refractivity contribution in [2.75, 3.05) is 18.0 Å². The minimum Gasteiger partial charge on any atom is -0.508 e. The van der Waals surface area contributed by atoms with Crippen LogP contribution in [0.25, 0.3) is 0 Å². The van der Waals surface area contributed by atoms with Gasteiger partial charge in [0, 0.05) is 24.3 Å². The maximum Gasteiger partial charge on any atom is 0.117 e. The van der Waals surface area contributed by atoms with E-state index >= 15 is 0 Å². The van der Waals surface area contributed by atoms with Gasteiger partial charge in [-0.3, -0.25) is 0 Å². The third-order valence-electron chi connectivity index (χ3n) is 3.67. The van der Waals surface area contributed by atoms with Crippen molar-refractivity contribution in [1.82, 2.24) is 0 Å². The Morgan fingerprint density at radius 2 is 2.33 bits per heavy atom. The summed E-state index contributed by atoms with van der Waals surface area (Å²) in [6.45, 7) is 1.83. The molecule has 0 spiro atoms. The van der Waals surface area contributed by atoms with Crippen LogP contribution in [0.1, 0.15) is 12.0 Å². The van der Waals surface area contributed by atoms with Gasteiger partial charge in [0.05, 0.1) is 0 Å². The van der Waals surface area contributed by atoms with Crippen LogP contribution in [0.3, 0.4) is 0 Å². The Labute approximate surface area is 89.5 Å². The molecular formula is C12H16N2O. The minimum absolute atomic E-state index is 0.366. The van der Waals surface area contributed by atoms with Crippen LogP contribution in [0.5, 0.6) is 5.75 Å². The lowest BCUT2D eigenvalue weighted by Crippen LogP contribution is -2.25. The van der Waals surface area contributed by atoms with Crippen molar-refractivity contribution in [3.63, 3.8) is 0 Å². The number of phenolic OH excluding ortho intramolecular Hbond substituents is 1. The second-order valence-corrected chi connectivity index (χ2v) is 4.66. The average molecular weight is 204 g/mol. The number of nitrogens with two attached hydrogens (primary N) is 1. The highest BCUT2D eigenvalue weighted by Gasteiger charge is 2.37. The number of anilines is 1. The number of hydrogen-bond acceptors (Lipinski definition) is 3. The maximum absolute atomic E-state index is 9.49. The summed E-state index contributed by atoms with van der Waals surface area (Å²) in [6, 6.07) is 6.33. The van der Waals surface area contributed by atoms with E-state index < -0.39 is 0 Å². The van der Waals surface area contributed by atoms with Crippen molar-refractivity contribution in [2.24, 2.45) is 11.7 Å². The first-order valence-electron chi connectivity index (χ1n) is 5.56. The molecule has 0 saturated carbocycles. The third kappa shape index (κ3) is 1.30. The van der Waals surface area contributed by atoms with Crippen molar-refractivity contribution in [2.45, 2.75) is 18.9 Å². The molecule has 3 nitrogen and oxygen atoms in total. The Bertz CT molecular complexity index is 391. The molecule has 1 fully saturated rings. The Hall–Kier alpha value is -1.22. The van der Waals surface area contributed by atoms with Gasteiger partial charge in [0.1, 0.15) is 5.75 Å². The van der Waals surface area contributed by atoms with Gasteiger partial charge < -0.3 is 15.7 Å². The summed E-state index contributed by atoms with van der Waals surface area (Å²) in [5, 5.41) is 9.49. The van der Waals surface area contributed by atoms with Crippen LogP contribution >= 0.6 is 0 Å². The maximum atomic E-state index is 9.49. The monoisotopic (exact) mass is 204 g/mol. The van der Waals surface area contributed by atoms with Crippen LogP contribution in [0, 0.1) is 5.92 Å². The second kappa shape index (κ2) is 3.14. The molecular weight excluding hydrogens is 188 g/mol. The van der Waals surface area contributed by atoms with Crippen LogP contribution in [0.4, 0.5) is 5.69 Å². The number of fused-ring (bicyclic) bond motifs is 3. The molecule has 80 valence electrons. The van der Waals surface area contributed by atoms with Crippen molar-refractivity contribution in [1.29, 1.82) is 0 Å². The van der Waals surface area contributed by atoms with E-state index in [4.69, 9.17) is 5.73 Å². The van der Waals surface area contributed by atoms with E-state index in [1.54, 1.807) is 6.07 Å². The van der Waals surface area contributed by atoms with E-state index in [9.17, 15) is 5.11 Å². The molecule has 1 aromatic rings. The largest absolute Gasteiger partial charge is 0.508 e. The summed E-state index contributed by atoms with van der Waals surface area (Å²) in [4.78, 5) is 2.41. The van der Waals surface area contributed by atoms with Crippen LogP contribution in [0.2, 0.25) is 0 Å². The summed E-state index contributed by atoms with van der Waals surface area (Å²) in [6.07, 6.45) is 2.32. The molecule has 0 aliphatic carbocycles. The van der Waals surface area contributed by atoms with Crippen LogP contribution in [-0.4, -0.2) is 24.2 Å². The number of benzene rings is 1. The van der Waals surface area contributed by atoms with Crippen LogP contribution < -0.4 is 10.6 Å². The highest BCUT2D eigenvalue weighted by Crippen LogP contribution is 2.40. The van der Waals surface area contributed by atoms with Crippen LogP contribution in [-0.2, 0) is 6.42 Å². The number of rotatable bonds is 1. The van der Waals surface area contributed by atoms with Crippen LogP contribution in [0.15, 0.2) is 18.2 Å². The zero-order valence-corrected chi connectivity index (χ0v) is 8.69. The molecule has 0 aromatic heterocycles. The molecule has 1 saturated heterocycles. The first kappa shape index (κ1) is 9.04. The smallest absolute Gasteiger partial charge is 0.117 e. The number of aromatic hydroxyl groups is 1. The first-order valence-corrected chi connectivity index (χ1v) is 5.56. The molecule has 2 aliphatic rings. The summed E-state index contributed by atoms with van der Waals surface area (Å²) in [5.41, 5.74) is 8.30. The molecule has 3 N–H and O–H groups in total. The summed E-state index contributed by atoms with van der Waals surface area (Å²) >= 11 is 0. The lowest BCUT2D eigenvalue weighted by Gasteiger charge is -2.18. The fourth-order valence-corrected chi connectivity index (χ4v) is 2.92. The molecule has 2 heterocycles. The molecule has 2 unspecified atom stereocenters. The quantitative estimate of drug-likeness (QED) is 0.720. The Balaban J connectivity index is 1.94. The first-order chi connectivity index (χ1) is 7.28. The van der Waals surface area contributed by atoms with Gasteiger partial charge in [0.2, 0.25) is 0 Å².